The number of nitrogens with zero attached hydrogens (tertiary/aromatic N) is 4. The second-order valence-electron chi connectivity index (χ2n) is 8.54. The molecule has 4 heterocycles. The van der Waals surface area contributed by atoms with E-state index in [1.807, 2.05) is 48.4 Å². The SMILES string of the molecule is Cc1ccc([C@@H]2[C@@H](c3ccccn3)NC(=S)N2CCC(=O)Nc2ccccc2F)n1-c1cccnc1. The van der Waals surface area contributed by atoms with E-state index in [0.29, 0.717) is 11.7 Å². The van der Waals surface area contributed by atoms with Crippen LogP contribution in [-0.2, 0) is 4.79 Å². The molecule has 0 aliphatic carbocycles. The Morgan fingerprint density at radius 3 is 2.67 bits per heavy atom. The van der Waals surface area contributed by atoms with Gasteiger partial charge in [-0.3, -0.25) is 14.8 Å². The van der Waals surface area contributed by atoms with Gasteiger partial charge in [0.2, 0.25) is 5.91 Å². The Hall–Kier alpha value is -4.11. The zero-order chi connectivity index (χ0) is 25.1. The fourth-order valence-electron chi connectivity index (χ4n) is 4.59. The summed E-state index contributed by atoms with van der Waals surface area (Å²) in [4.78, 5) is 23.6. The standard InChI is InChI=1S/C27H25FN6OS/c1-18-11-12-23(34(18)19-7-6-14-29-17-19)26-25(22-10-4-5-15-30-22)32-27(36)33(26)16-13-24(35)31-21-9-3-2-8-20(21)28/h2-12,14-15,17,25-26H,13,16H2,1H3,(H,31,35)(H,32,36)/t25-,26-/m1/s1. The number of carbonyl (C=O) groups excluding carboxylic acids is 1. The molecule has 36 heavy (non-hydrogen) atoms. The number of rotatable bonds is 7. The summed E-state index contributed by atoms with van der Waals surface area (Å²) < 4.78 is 16.2. The van der Waals surface area contributed by atoms with Crippen molar-refractivity contribution in [1.82, 2.24) is 24.8 Å². The summed E-state index contributed by atoms with van der Waals surface area (Å²) in [5, 5.41) is 6.60. The minimum absolute atomic E-state index is 0.133. The number of aromatic nitrogens is 3. The average molecular weight is 501 g/mol. The van der Waals surface area contributed by atoms with Crippen LogP contribution in [0.4, 0.5) is 10.1 Å². The molecule has 5 rings (SSSR count). The number of hydrogen-bond donors (Lipinski definition) is 2. The van der Waals surface area contributed by atoms with Crippen LogP contribution in [0.2, 0.25) is 0 Å². The van der Waals surface area contributed by atoms with Crippen LogP contribution < -0.4 is 10.6 Å². The maximum atomic E-state index is 14.0. The van der Waals surface area contributed by atoms with Crippen molar-refractivity contribution >= 4 is 28.9 Å². The van der Waals surface area contributed by atoms with Crippen LogP contribution in [0.1, 0.15) is 35.6 Å². The Morgan fingerprint density at radius 2 is 1.92 bits per heavy atom. The lowest BCUT2D eigenvalue weighted by atomic mass is 10.0. The number of thiocarbonyl (C=S) groups is 1. The number of carbonyl (C=O) groups is 1. The molecule has 1 fully saturated rings. The molecular formula is C27H25FN6OS. The van der Waals surface area contributed by atoms with Gasteiger partial charge in [0.1, 0.15) is 5.82 Å². The van der Waals surface area contributed by atoms with Crippen molar-refractivity contribution in [2.45, 2.75) is 25.4 Å². The molecule has 1 aliphatic rings. The molecule has 2 atom stereocenters. The third-order valence-corrected chi connectivity index (χ3v) is 6.59. The molecule has 1 saturated heterocycles. The Bertz CT molecular complexity index is 1380. The van der Waals surface area contributed by atoms with Gasteiger partial charge in [-0.15, -0.1) is 0 Å². The molecule has 4 aromatic rings. The van der Waals surface area contributed by atoms with Gasteiger partial charge >= 0.3 is 0 Å². The highest BCUT2D eigenvalue weighted by Crippen LogP contribution is 2.40. The first-order chi connectivity index (χ1) is 17.5. The third kappa shape index (κ3) is 4.70. The number of para-hydroxylation sites is 1. The smallest absolute Gasteiger partial charge is 0.226 e. The number of pyridine rings is 2. The van der Waals surface area contributed by atoms with Crippen molar-refractivity contribution in [3.05, 3.63) is 108 Å². The number of nitrogens with one attached hydrogen (secondary N) is 2. The lowest BCUT2D eigenvalue weighted by Gasteiger charge is -2.29. The first kappa shape index (κ1) is 23.6. The van der Waals surface area contributed by atoms with Gasteiger partial charge in [0.05, 0.1) is 35.3 Å². The van der Waals surface area contributed by atoms with Gasteiger partial charge in [-0.2, -0.15) is 0 Å². The number of hydrogen-bond acceptors (Lipinski definition) is 4. The van der Waals surface area contributed by atoms with Crippen molar-refractivity contribution in [3.63, 3.8) is 0 Å². The molecule has 1 aromatic carbocycles. The lowest BCUT2D eigenvalue weighted by Crippen LogP contribution is -2.33. The van der Waals surface area contributed by atoms with Gasteiger partial charge in [0, 0.05) is 36.7 Å². The second kappa shape index (κ2) is 10.2. The molecule has 0 spiro atoms. The highest BCUT2D eigenvalue weighted by molar-refractivity contribution is 7.80. The average Bonchev–Trinajstić information content (AvgIpc) is 3.44. The summed E-state index contributed by atoms with van der Waals surface area (Å²) in [7, 11) is 0. The third-order valence-electron chi connectivity index (χ3n) is 6.24. The van der Waals surface area contributed by atoms with Crippen molar-refractivity contribution in [3.8, 4) is 5.69 Å². The molecule has 9 heteroatoms. The van der Waals surface area contributed by atoms with E-state index in [0.717, 1.165) is 22.8 Å². The summed E-state index contributed by atoms with van der Waals surface area (Å²) in [5.74, 6) is -0.760. The normalized spacial score (nSPS) is 17.2. The molecular weight excluding hydrogens is 475 g/mol. The first-order valence-electron chi connectivity index (χ1n) is 11.6. The second-order valence-corrected chi connectivity index (χ2v) is 8.93. The van der Waals surface area contributed by atoms with Gasteiger partial charge in [-0.05, 0) is 67.7 Å². The number of halogens is 1. The molecule has 0 bridgehead atoms. The molecule has 1 aliphatic heterocycles. The fraction of sp³-hybridized carbons (Fsp3) is 0.185. The Kier molecular flexibility index (Phi) is 6.73. The van der Waals surface area contributed by atoms with Crippen LogP contribution in [0.5, 0.6) is 0 Å². The summed E-state index contributed by atoms with van der Waals surface area (Å²) in [6.07, 6.45) is 5.45. The van der Waals surface area contributed by atoms with E-state index >= 15 is 0 Å². The molecule has 7 nitrogen and oxygen atoms in total. The Labute approximate surface area is 214 Å². The maximum Gasteiger partial charge on any atom is 0.226 e. The summed E-state index contributed by atoms with van der Waals surface area (Å²) >= 11 is 5.74. The Balaban J connectivity index is 1.47. The number of amides is 1. The van der Waals surface area contributed by atoms with Gasteiger partial charge in [-0.25, -0.2) is 4.39 Å². The van der Waals surface area contributed by atoms with Gasteiger partial charge in [-0.1, -0.05) is 18.2 Å². The van der Waals surface area contributed by atoms with Gasteiger partial charge < -0.3 is 20.1 Å². The van der Waals surface area contributed by atoms with Crippen LogP contribution in [0.15, 0.2) is 85.3 Å². The van der Waals surface area contributed by atoms with Crippen LogP contribution in [0.3, 0.4) is 0 Å². The van der Waals surface area contributed by atoms with Crippen LogP contribution in [0.25, 0.3) is 5.69 Å². The van der Waals surface area contributed by atoms with Crippen molar-refractivity contribution < 1.29 is 9.18 Å². The molecule has 182 valence electrons. The highest BCUT2D eigenvalue weighted by Gasteiger charge is 2.41. The number of anilines is 1. The zero-order valence-electron chi connectivity index (χ0n) is 19.6. The molecule has 0 saturated carbocycles. The topological polar surface area (TPSA) is 75.1 Å². The Morgan fingerprint density at radius 1 is 1.08 bits per heavy atom. The lowest BCUT2D eigenvalue weighted by molar-refractivity contribution is -0.116. The van der Waals surface area contributed by atoms with Crippen LogP contribution >= 0.6 is 12.2 Å². The van der Waals surface area contributed by atoms with E-state index in [4.69, 9.17) is 12.2 Å². The summed E-state index contributed by atoms with van der Waals surface area (Å²) in [5.41, 5.74) is 3.99. The van der Waals surface area contributed by atoms with Gasteiger partial charge in [0.25, 0.3) is 0 Å². The molecule has 1 amide bonds. The summed E-state index contributed by atoms with van der Waals surface area (Å²) in [6, 6.07) is 19.5. The fourth-order valence-corrected chi connectivity index (χ4v) is 4.93. The molecule has 3 aromatic heterocycles. The maximum absolute atomic E-state index is 14.0. The quantitative estimate of drug-likeness (QED) is 0.358. The highest BCUT2D eigenvalue weighted by atomic mass is 32.1. The van der Waals surface area contributed by atoms with E-state index in [-0.39, 0.29) is 30.1 Å². The monoisotopic (exact) mass is 500 g/mol. The minimum atomic E-state index is -0.470. The van der Waals surface area contributed by atoms with Gasteiger partial charge in [0.15, 0.2) is 5.11 Å². The van der Waals surface area contributed by atoms with E-state index in [1.54, 1.807) is 30.6 Å². The molecule has 0 unspecified atom stereocenters. The molecule has 0 radical (unpaired) electrons. The van der Waals surface area contributed by atoms with E-state index in [1.165, 1.54) is 6.07 Å². The predicted octanol–water partition coefficient (Wildman–Crippen LogP) is 4.72. The van der Waals surface area contributed by atoms with Crippen molar-refractivity contribution in [2.75, 3.05) is 11.9 Å². The van der Waals surface area contributed by atoms with Crippen LogP contribution in [-0.4, -0.2) is 37.0 Å². The molecule has 2 N–H and O–H groups in total. The number of aryl methyl sites for hydroxylation is 1. The predicted molar refractivity (Wildman–Crippen MR) is 140 cm³/mol. The zero-order valence-corrected chi connectivity index (χ0v) is 20.5. The van der Waals surface area contributed by atoms with Crippen molar-refractivity contribution in [2.24, 2.45) is 0 Å². The largest absolute Gasteiger partial charge is 0.352 e. The van der Waals surface area contributed by atoms with E-state index < -0.39 is 5.82 Å². The van der Waals surface area contributed by atoms with Crippen LogP contribution in [0, 0.1) is 12.7 Å². The summed E-state index contributed by atoms with van der Waals surface area (Å²) in [6.45, 7) is 2.39. The number of benzene rings is 1. The first-order valence-corrected chi connectivity index (χ1v) is 12.0. The van der Waals surface area contributed by atoms with Crippen molar-refractivity contribution in [1.29, 1.82) is 0 Å². The minimum Gasteiger partial charge on any atom is -0.352 e. The van der Waals surface area contributed by atoms with E-state index in [9.17, 15) is 9.18 Å². The van der Waals surface area contributed by atoms with E-state index in [2.05, 4.69) is 37.3 Å².